The molecule has 4 heterocycles. The van der Waals surface area contributed by atoms with Crippen LogP contribution in [0.1, 0.15) is 28.0 Å². The highest BCUT2D eigenvalue weighted by Gasteiger charge is 2.40. The summed E-state index contributed by atoms with van der Waals surface area (Å²) >= 11 is 0. The Morgan fingerprint density at radius 2 is 2.06 bits per heavy atom. The first-order chi connectivity index (χ1) is 16.7. The van der Waals surface area contributed by atoms with Crippen molar-refractivity contribution >= 4 is 28.3 Å². The molecule has 1 N–H and O–H groups in total. The Morgan fingerprint density at radius 1 is 1.23 bits per heavy atom. The third kappa shape index (κ3) is 4.62. The smallest absolute Gasteiger partial charge is 0.350 e. The summed E-state index contributed by atoms with van der Waals surface area (Å²) in [4.78, 5) is 26.2. The molecule has 9 nitrogen and oxygen atoms in total. The lowest BCUT2D eigenvalue weighted by molar-refractivity contribution is -0.117. The van der Waals surface area contributed by atoms with Crippen molar-refractivity contribution in [2.75, 3.05) is 18.5 Å². The van der Waals surface area contributed by atoms with Gasteiger partial charge in [0.2, 0.25) is 5.95 Å². The highest BCUT2D eigenvalue weighted by Crippen LogP contribution is 2.30. The van der Waals surface area contributed by atoms with Gasteiger partial charge in [-0.3, -0.25) is 9.63 Å². The third-order valence-electron chi connectivity index (χ3n) is 5.80. The van der Waals surface area contributed by atoms with Crippen LogP contribution in [0.4, 0.5) is 24.8 Å². The average Bonchev–Trinajstić information content (AvgIpc) is 3.53. The Labute approximate surface area is 198 Å². The molecule has 1 aromatic carbocycles. The van der Waals surface area contributed by atoms with Crippen LogP contribution in [0.25, 0.3) is 16.7 Å². The van der Waals surface area contributed by atoms with Crippen LogP contribution < -0.4 is 5.32 Å². The van der Waals surface area contributed by atoms with E-state index in [4.69, 9.17) is 4.84 Å². The fraction of sp³-hybridized carbons (Fsp3) is 0.304. The van der Waals surface area contributed by atoms with Crippen LogP contribution >= 0.6 is 0 Å². The predicted octanol–water partition coefficient (Wildman–Crippen LogP) is 4.09. The number of rotatable bonds is 6. The number of carbonyl (C=O) groups is 1. The second-order valence-electron chi connectivity index (χ2n) is 8.31. The molecule has 0 unspecified atom stereocenters. The van der Waals surface area contributed by atoms with Crippen LogP contribution in [0.5, 0.6) is 0 Å². The van der Waals surface area contributed by atoms with Crippen LogP contribution in [-0.4, -0.2) is 54.5 Å². The van der Waals surface area contributed by atoms with Crippen molar-refractivity contribution in [2.45, 2.75) is 26.1 Å². The maximum absolute atomic E-state index is 13.1. The quantitative estimate of drug-likeness (QED) is 0.412. The number of nitrogens with zero attached hydrogens (tertiary/aromatic N) is 6. The Bertz CT molecular complexity index is 1400. The summed E-state index contributed by atoms with van der Waals surface area (Å²) in [5.41, 5.74) is 2.40. The van der Waals surface area contributed by atoms with E-state index in [1.54, 1.807) is 36.1 Å². The zero-order valence-electron chi connectivity index (χ0n) is 19.0. The van der Waals surface area contributed by atoms with Gasteiger partial charge < -0.3 is 9.88 Å². The molecule has 4 aromatic rings. The zero-order chi connectivity index (χ0) is 24.7. The number of aromatic nitrogens is 5. The number of ketones is 1. The molecule has 182 valence electrons. The number of aryl methyl sites for hydroxylation is 2. The first kappa shape index (κ1) is 23.0. The van der Waals surface area contributed by atoms with E-state index < -0.39 is 17.5 Å². The molecule has 0 bridgehead atoms. The molecule has 0 radical (unpaired) electrons. The summed E-state index contributed by atoms with van der Waals surface area (Å²) in [6.45, 7) is 4.12. The lowest BCUT2D eigenvalue weighted by Gasteiger charge is -2.12. The van der Waals surface area contributed by atoms with Crippen molar-refractivity contribution in [3.05, 3.63) is 59.7 Å². The molecule has 5 rings (SSSR count). The molecule has 35 heavy (non-hydrogen) atoms. The summed E-state index contributed by atoms with van der Waals surface area (Å²) in [7, 11) is 1.59. The van der Waals surface area contributed by atoms with Crippen molar-refractivity contribution < 1.29 is 22.8 Å². The summed E-state index contributed by atoms with van der Waals surface area (Å²) < 4.78 is 42.3. The van der Waals surface area contributed by atoms with E-state index >= 15 is 0 Å². The number of hydrogen-bond donors (Lipinski definition) is 1. The lowest BCUT2D eigenvalue weighted by atomic mass is 10.1. The molecule has 1 saturated heterocycles. The van der Waals surface area contributed by atoms with Gasteiger partial charge in [0, 0.05) is 60.4 Å². The van der Waals surface area contributed by atoms with E-state index in [-0.39, 0.29) is 11.3 Å². The molecule has 0 atom stereocenters. The minimum absolute atomic E-state index is 0.187. The Balaban J connectivity index is 1.41. The average molecular weight is 485 g/mol. The molecule has 1 fully saturated rings. The Morgan fingerprint density at radius 3 is 2.80 bits per heavy atom. The number of nitrogens with one attached hydrogen (secondary N) is 1. The number of anilines is 2. The molecular weight excluding hydrogens is 463 g/mol. The summed E-state index contributed by atoms with van der Waals surface area (Å²) in [6.07, 6.45) is 0.663. The normalized spacial score (nSPS) is 14.7. The molecule has 3 aromatic heterocycles. The molecule has 12 heteroatoms. The van der Waals surface area contributed by atoms with Crippen LogP contribution in [0.15, 0.2) is 42.9 Å². The van der Waals surface area contributed by atoms with Crippen molar-refractivity contribution in [2.24, 2.45) is 7.05 Å². The number of fused-ring (bicyclic) bond motifs is 1. The number of hydrogen-bond acceptors (Lipinski definition) is 7. The van der Waals surface area contributed by atoms with Crippen LogP contribution in [0.2, 0.25) is 0 Å². The second kappa shape index (κ2) is 8.78. The second-order valence-corrected chi connectivity index (χ2v) is 8.31. The van der Waals surface area contributed by atoms with Gasteiger partial charge in [0.25, 0.3) is 5.78 Å². The number of Topliss-reactive ketones (excluding diaryl/α,β-unsaturated/α-hetero) is 1. The van der Waals surface area contributed by atoms with Gasteiger partial charge in [0.15, 0.2) is 5.82 Å². The number of carbonyl (C=O) groups excluding carboxylic acids is 1. The van der Waals surface area contributed by atoms with Gasteiger partial charge >= 0.3 is 6.18 Å². The molecule has 1 aliphatic rings. The van der Waals surface area contributed by atoms with E-state index in [1.807, 2.05) is 18.2 Å². The minimum Gasteiger partial charge on any atom is -0.350 e. The summed E-state index contributed by atoms with van der Waals surface area (Å²) in [5.74, 6) is -1.13. The van der Waals surface area contributed by atoms with E-state index in [2.05, 4.69) is 20.4 Å². The zero-order valence-corrected chi connectivity index (χ0v) is 19.0. The summed E-state index contributed by atoms with van der Waals surface area (Å²) in [5, 5.41) is 9.63. The van der Waals surface area contributed by atoms with Gasteiger partial charge in [-0.05, 0) is 31.5 Å². The Hall–Kier alpha value is -3.77. The van der Waals surface area contributed by atoms with Crippen molar-refractivity contribution in [3.63, 3.8) is 0 Å². The number of benzene rings is 1. The third-order valence-corrected chi connectivity index (χ3v) is 5.80. The van der Waals surface area contributed by atoms with Gasteiger partial charge in [0.05, 0.1) is 24.4 Å². The molecular formula is C23H22F3N7O2. The number of alkyl halides is 3. The highest BCUT2D eigenvalue weighted by atomic mass is 19.4. The lowest BCUT2D eigenvalue weighted by Crippen LogP contribution is -2.22. The van der Waals surface area contributed by atoms with Crippen molar-refractivity contribution in [1.29, 1.82) is 0 Å². The molecule has 0 aliphatic carbocycles. The molecule has 0 spiro atoms. The standard InChI is InChI=1S/C23H22F3N7O2/c1-14-15(11-32-8-3-9-35-32)12-33(30-14)20-6-7-27-22(29-20)28-16-4-5-19-17(10-16)18(13-31(19)2)21(34)23(24,25)26/h4-7,10,12-13H,3,8-9,11H2,1-2H3,(H,27,28,29). The van der Waals surface area contributed by atoms with Gasteiger partial charge in [-0.15, -0.1) is 0 Å². The first-order valence-electron chi connectivity index (χ1n) is 10.9. The monoisotopic (exact) mass is 485 g/mol. The van der Waals surface area contributed by atoms with E-state index in [9.17, 15) is 18.0 Å². The van der Waals surface area contributed by atoms with E-state index in [1.165, 1.54) is 16.8 Å². The van der Waals surface area contributed by atoms with E-state index in [0.29, 0.717) is 23.6 Å². The van der Waals surface area contributed by atoms with Crippen LogP contribution in [-0.2, 0) is 18.4 Å². The van der Waals surface area contributed by atoms with Crippen LogP contribution in [0.3, 0.4) is 0 Å². The predicted molar refractivity (Wildman–Crippen MR) is 121 cm³/mol. The number of hydroxylamine groups is 2. The van der Waals surface area contributed by atoms with Gasteiger partial charge in [-0.2, -0.15) is 28.3 Å². The summed E-state index contributed by atoms with van der Waals surface area (Å²) in [6, 6.07) is 6.51. The fourth-order valence-electron chi connectivity index (χ4n) is 4.05. The number of halogens is 3. The topological polar surface area (TPSA) is 90.1 Å². The van der Waals surface area contributed by atoms with Gasteiger partial charge in [-0.25, -0.2) is 9.67 Å². The minimum atomic E-state index is -4.96. The van der Waals surface area contributed by atoms with Gasteiger partial charge in [0.1, 0.15) is 0 Å². The maximum Gasteiger partial charge on any atom is 0.454 e. The SMILES string of the molecule is Cc1nn(-c2ccnc(Nc3ccc4c(c3)c(C(=O)C(F)(F)F)cn4C)n2)cc1CN1CCCO1. The highest BCUT2D eigenvalue weighted by molar-refractivity contribution is 6.11. The largest absolute Gasteiger partial charge is 0.454 e. The first-order valence-corrected chi connectivity index (χ1v) is 10.9. The van der Waals surface area contributed by atoms with Crippen LogP contribution in [0, 0.1) is 6.92 Å². The maximum atomic E-state index is 13.1. The van der Waals surface area contributed by atoms with Crippen molar-refractivity contribution in [3.8, 4) is 5.82 Å². The fourth-order valence-corrected chi connectivity index (χ4v) is 4.05. The molecule has 0 amide bonds. The van der Waals surface area contributed by atoms with E-state index in [0.717, 1.165) is 30.8 Å². The molecule has 0 saturated carbocycles. The molecule has 1 aliphatic heterocycles. The van der Waals surface area contributed by atoms with Crippen molar-refractivity contribution in [1.82, 2.24) is 29.4 Å². The Kier molecular flexibility index (Phi) is 5.77. The van der Waals surface area contributed by atoms with Gasteiger partial charge in [-0.1, -0.05) is 0 Å².